The zero-order valence-corrected chi connectivity index (χ0v) is 13.1. The van der Waals surface area contributed by atoms with Gasteiger partial charge in [0.2, 0.25) is 5.95 Å². The number of alkyl halides is 2. The molecule has 9 heteroatoms. The number of nitrogens with one attached hydrogen (secondary N) is 1. The molecule has 0 radical (unpaired) electrons. The first-order valence-electron chi connectivity index (χ1n) is 7.80. The number of rotatable bonds is 5. The van der Waals surface area contributed by atoms with Crippen LogP contribution in [0.3, 0.4) is 0 Å². The maximum atomic E-state index is 12.5. The Balaban J connectivity index is 1.54. The lowest BCUT2D eigenvalue weighted by molar-refractivity contribution is 0.116. The predicted molar refractivity (Wildman–Crippen MR) is 83.7 cm³/mol. The Kier molecular flexibility index (Phi) is 3.83. The highest BCUT2D eigenvalue weighted by Crippen LogP contribution is 2.42. The van der Waals surface area contributed by atoms with Crippen LogP contribution in [-0.4, -0.2) is 25.1 Å². The summed E-state index contributed by atoms with van der Waals surface area (Å²) in [6, 6.07) is 5.80. The van der Waals surface area contributed by atoms with E-state index in [1.807, 2.05) is 18.2 Å². The van der Waals surface area contributed by atoms with Gasteiger partial charge >= 0.3 is 6.43 Å². The topological polar surface area (TPSA) is 89.6 Å². The SMILES string of the molecule is FC(F)c1nnc(-c2cnc(NC3(c4ccccn4)CCC3)nc2)o1. The average molecular weight is 344 g/mol. The monoisotopic (exact) mass is 344 g/mol. The smallest absolute Gasteiger partial charge is 0.314 e. The summed E-state index contributed by atoms with van der Waals surface area (Å²) in [6.07, 6.45) is 4.86. The van der Waals surface area contributed by atoms with Crippen molar-refractivity contribution in [3.05, 3.63) is 48.4 Å². The summed E-state index contributed by atoms with van der Waals surface area (Å²) in [5.74, 6) is -0.326. The molecule has 128 valence electrons. The fraction of sp³-hybridized carbons (Fsp3) is 0.312. The number of aromatic nitrogens is 5. The van der Waals surface area contributed by atoms with Gasteiger partial charge in [0, 0.05) is 18.6 Å². The van der Waals surface area contributed by atoms with Gasteiger partial charge < -0.3 is 9.73 Å². The second-order valence-electron chi connectivity index (χ2n) is 5.82. The normalized spacial score (nSPS) is 15.8. The molecule has 0 amide bonds. The van der Waals surface area contributed by atoms with E-state index >= 15 is 0 Å². The molecular weight excluding hydrogens is 330 g/mol. The van der Waals surface area contributed by atoms with Crippen LogP contribution in [0.4, 0.5) is 14.7 Å². The minimum Gasteiger partial charge on any atom is -0.415 e. The van der Waals surface area contributed by atoms with Gasteiger partial charge in [-0.15, -0.1) is 10.2 Å². The van der Waals surface area contributed by atoms with E-state index in [1.165, 1.54) is 12.4 Å². The Bertz CT molecular complexity index is 849. The van der Waals surface area contributed by atoms with E-state index in [9.17, 15) is 8.78 Å². The number of anilines is 1. The molecule has 7 nitrogen and oxygen atoms in total. The standard InChI is InChI=1S/C16H14F2N6O/c17-12(18)14-24-23-13(25-14)10-8-20-15(21-9-10)22-16(5-3-6-16)11-4-1-2-7-19-11/h1-2,4,7-9,12H,3,5-6H2,(H,20,21,22). The van der Waals surface area contributed by atoms with Crippen molar-refractivity contribution >= 4 is 5.95 Å². The number of hydrogen-bond acceptors (Lipinski definition) is 7. The first-order chi connectivity index (χ1) is 12.2. The molecule has 0 aromatic carbocycles. The van der Waals surface area contributed by atoms with Crippen molar-refractivity contribution in [3.8, 4) is 11.5 Å². The molecule has 0 saturated heterocycles. The highest BCUT2D eigenvalue weighted by Gasteiger charge is 2.40. The van der Waals surface area contributed by atoms with Gasteiger partial charge in [0.05, 0.1) is 16.8 Å². The number of hydrogen-bond donors (Lipinski definition) is 1. The third-order valence-electron chi connectivity index (χ3n) is 4.24. The van der Waals surface area contributed by atoms with Crippen molar-refractivity contribution in [2.24, 2.45) is 0 Å². The molecule has 25 heavy (non-hydrogen) atoms. The maximum Gasteiger partial charge on any atom is 0.314 e. The molecule has 0 bridgehead atoms. The minimum absolute atomic E-state index is 0.0371. The van der Waals surface area contributed by atoms with E-state index in [1.54, 1.807) is 6.20 Å². The summed E-state index contributed by atoms with van der Waals surface area (Å²) in [7, 11) is 0. The molecule has 1 saturated carbocycles. The van der Waals surface area contributed by atoms with E-state index in [-0.39, 0.29) is 11.4 Å². The molecule has 4 rings (SSSR count). The molecule has 3 aromatic rings. The van der Waals surface area contributed by atoms with Crippen LogP contribution in [0.2, 0.25) is 0 Å². The van der Waals surface area contributed by atoms with Gasteiger partial charge in [-0.1, -0.05) is 6.07 Å². The quantitative estimate of drug-likeness (QED) is 0.759. The Morgan fingerprint density at radius 3 is 2.44 bits per heavy atom. The molecular formula is C16H14F2N6O. The lowest BCUT2D eigenvalue weighted by Gasteiger charge is -2.42. The molecule has 1 aliphatic carbocycles. The molecule has 1 aliphatic rings. The Hall–Kier alpha value is -2.97. The van der Waals surface area contributed by atoms with E-state index < -0.39 is 12.3 Å². The fourth-order valence-electron chi connectivity index (χ4n) is 2.78. The Labute approximate surface area is 141 Å². The van der Waals surface area contributed by atoms with E-state index in [0.29, 0.717) is 11.5 Å². The first kappa shape index (κ1) is 15.6. The van der Waals surface area contributed by atoms with Crippen LogP contribution in [0.5, 0.6) is 0 Å². The van der Waals surface area contributed by atoms with Crippen LogP contribution in [0.1, 0.15) is 37.3 Å². The van der Waals surface area contributed by atoms with Gasteiger partial charge in [0.15, 0.2) is 0 Å². The summed E-state index contributed by atoms with van der Waals surface area (Å²) < 4.78 is 29.9. The number of halogens is 2. The van der Waals surface area contributed by atoms with Crippen molar-refractivity contribution in [2.45, 2.75) is 31.2 Å². The van der Waals surface area contributed by atoms with Crippen LogP contribution in [0.15, 0.2) is 41.2 Å². The summed E-state index contributed by atoms with van der Waals surface area (Å²) in [6.45, 7) is 0. The van der Waals surface area contributed by atoms with Crippen molar-refractivity contribution in [1.82, 2.24) is 25.1 Å². The lowest BCUT2D eigenvalue weighted by Crippen LogP contribution is -2.43. The second kappa shape index (κ2) is 6.15. The average Bonchev–Trinajstić information content (AvgIpc) is 3.10. The summed E-state index contributed by atoms with van der Waals surface area (Å²) in [5, 5.41) is 10.2. The van der Waals surface area contributed by atoms with Gasteiger partial charge in [0.25, 0.3) is 11.8 Å². The number of nitrogens with zero attached hydrogens (tertiary/aromatic N) is 5. The van der Waals surface area contributed by atoms with Crippen LogP contribution in [0, 0.1) is 0 Å². The third kappa shape index (κ3) is 2.92. The highest BCUT2D eigenvalue weighted by atomic mass is 19.3. The van der Waals surface area contributed by atoms with Crippen LogP contribution < -0.4 is 5.32 Å². The maximum absolute atomic E-state index is 12.5. The van der Waals surface area contributed by atoms with Gasteiger partial charge in [0.1, 0.15) is 0 Å². The summed E-state index contributed by atoms with van der Waals surface area (Å²) >= 11 is 0. The largest absolute Gasteiger partial charge is 0.415 e. The number of pyridine rings is 1. The molecule has 3 aromatic heterocycles. The molecule has 0 spiro atoms. The van der Waals surface area contributed by atoms with Gasteiger partial charge in [-0.25, -0.2) is 9.97 Å². The molecule has 0 atom stereocenters. The zero-order chi connectivity index (χ0) is 17.3. The van der Waals surface area contributed by atoms with E-state index in [2.05, 4.69) is 30.5 Å². The van der Waals surface area contributed by atoms with Gasteiger partial charge in [-0.3, -0.25) is 4.98 Å². The van der Waals surface area contributed by atoms with Crippen LogP contribution in [0.25, 0.3) is 11.5 Å². The molecule has 1 fully saturated rings. The van der Waals surface area contributed by atoms with Gasteiger partial charge in [-0.05, 0) is 31.4 Å². The van der Waals surface area contributed by atoms with E-state index in [0.717, 1.165) is 25.0 Å². The van der Waals surface area contributed by atoms with Crippen molar-refractivity contribution < 1.29 is 13.2 Å². The summed E-state index contributed by atoms with van der Waals surface area (Å²) in [4.78, 5) is 12.9. The van der Waals surface area contributed by atoms with Gasteiger partial charge in [-0.2, -0.15) is 8.78 Å². The first-order valence-corrected chi connectivity index (χ1v) is 7.80. The van der Waals surface area contributed by atoms with Crippen molar-refractivity contribution in [3.63, 3.8) is 0 Å². The van der Waals surface area contributed by atoms with E-state index in [4.69, 9.17) is 4.42 Å². The second-order valence-corrected chi connectivity index (χ2v) is 5.82. The Morgan fingerprint density at radius 2 is 1.88 bits per heavy atom. The third-order valence-corrected chi connectivity index (χ3v) is 4.24. The van der Waals surface area contributed by atoms with Crippen LogP contribution in [-0.2, 0) is 5.54 Å². The summed E-state index contributed by atoms with van der Waals surface area (Å²) in [5.41, 5.74) is 1.06. The van der Waals surface area contributed by atoms with Crippen LogP contribution >= 0.6 is 0 Å². The lowest BCUT2D eigenvalue weighted by atomic mass is 9.74. The fourth-order valence-corrected chi connectivity index (χ4v) is 2.78. The molecule has 1 N–H and O–H groups in total. The molecule has 0 aliphatic heterocycles. The van der Waals surface area contributed by atoms with Crippen molar-refractivity contribution in [2.75, 3.05) is 5.32 Å². The molecule has 3 heterocycles. The van der Waals surface area contributed by atoms with Crippen molar-refractivity contribution in [1.29, 1.82) is 0 Å². The highest BCUT2D eigenvalue weighted by molar-refractivity contribution is 5.51. The predicted octanol–water partition coefficient (Wildman–Crippen LogP) is 3.35. The molecule has 0 unspecified atom stereocenters. The zero-order valence-electron chi connectivity index (χ0n) is 13.1. The minimum atomic E-state index is -2.81. The Morgan fingerprint density at radius 1 is 1.08 bits per heavy atom.